The number of hydrogen-bond acceptors (Lipinski definition) is 2. The summed E-state index contributed by atoms with van der Waals surface area (Å²) in [6.07, 6.45) is 1.29. The van der Waals surface area contributed by atoms with E-state index >= 15 is 0 Å². The Morgan fingerprint density at radius 2 is 2.31 bits per heavy atom. The number of methoxy groups -OCH3 is 1. The van der Waals surface area contributed by atoms with E-state index in [0.29, 0.717) is 18.0 Å². The van der Waals surface area contributed by atoms with Crippen LogP contribution in [-0.2, 0) is 9.53 Å². The molecule has 76 valence electrons. The number of rotatable bonds is 6. The van der Waals surface area contributed by atoms with Crippen LogP contribution >= 0.6 is 11.6 Å². The smallest absolute Gasteiger partial charge is 0.220 e. The molecule has 0 aliphatic heterocycles. The van der Waals surface area contributed by atoms with Gasteiger partial charge in [0.1, 0.15) is 0 Å². The van der Waals surface area contributed by atoms with E-state index in [2.05, 4.69) is 11.9 Å². The molecule has 0 aliphatic rings. The van der Waals surface area contributed by atoms with Crippen molar-refractivity contribution in [3.63, 3.8) is 0 Å². The van der Waals surface area contributed by atoms with Gasteiger partial charge in [-0.05, 0) is 13.3 Å². The van der Waals surface area contributed by atoms with Crippen LogP contribution in [0.3, 0.4) is 0 Å². The van der Waals surface area contributed by atoms with Crippen molar-refractivity contribution in [3.05, 3.63) is 11.6 Å². The van der Waals surface area contributed by atoms with Crippen LogP contribution in [0.4, 0.5) is 0 Å². The number of amides is 1. The van der Waals surface area contributed by atoms with E-state index in [1.807, 2.05) is 6.92 Å². The van der Waals surface area contributed by atoms with Crippen molar-refractivity contribution in [1.82, 2.24) is 5.32 Å². The molecule has 0 aromatic heterocycles. The molecule has 0 bridgehead atoms. The Morgan fingerprint density at radius 3 is 2.77 bits per heavy atom. The van der Waals surface area contributed by atoms with Crippen molar-refractivity contribution in [3.8, 4) is 0 Å². The predicted octanol–water partition coefficient (Wildman–Crippen LogP) is 1.67. The molecule has 0 aromatic rings. The Hall–Kier alpha value is -0.540. The molecular formula is C9H16ClNO2. The fraction of sp³-hybridized carbons (Fsp3) is 0.667. The van der Waals surface area contributed by atoms with Gasteiger partial charge in [-0.1, -0.05) is 18.2 Å². The number of carbonyl (C=O) groups excluding carboxylic acids is 1. The van der Waals surface area contributed by atoms with Gasteiger partial charge in [-0.3, -0.25) is 4.79 Å². The third-order valence-corrected chi connectivity index (χ3v) is 1.79. The zero-order valence-electron chi connectivity index (χ0n) is 8.10. The van der Waals surface area contributed by atoms with Gasteiger partial charge in [-0.2, -0.15) is 0 Å². The maximum Gasteiger partial charge on any atom is 0.220 e. The lowest BCUT2D eigenvalue weighted by Crippen LogP contribution is -2.25. The van der Waals surface area contributed by atoms with Gasteiger partial charge in [0.15, 0.2) is 0 Å². The first-order valence-corrected chi connectivity index (χ1v) is 4.56. The van der Waals surface area contributed by atoms with E-state index in [9.17, 15) is 4.79 Å². The molecule has 0 spiro atoms. The van der Waals surface area contributed by atoms with Crippen LogP contribution in [0.5, 0.6) is 0 Å². The lowest BCUT2D eigenvalue weighted by atomic mass is 10.2. The Morgan fingerprint density at radius 1 is 1.69 bits per heavy atom. The van der Waals surface area contributed by atoms with Gasteiger partial charge in [0, 0.05) is 18.6 Å². The largest absolute Gasteiger partial charge is 0.382 e. The average Bonchev–Trinajstić information content (AvgIpc) is 2.10. The zero-order valence-corrected chi connectivity index (χ0v) is 8.86. The minimum absolute atomic E-state index is 0.0225. The number of carbonyl (C=O) groups is 1. The van der Waals surface area contributed by atoms with Gasteiger partial charge < -0.3 is 10.1 Å². The first-order valence-electron chi connectivity index (χ1n) is 4.19. The highest BCUT2D eigenvalue weighted by molar-refractivity contribution is 6.29. The van der Waals surface area contributed by atoms with Crippen molar-refractivity contribution >= 4 is 17.5 Å². The van der Waals surface area contributed by atoms with Gasteiger partial charge in [0.05, 0.1) is 12.6 Å². The second-order valence-electron chi connectivity index (χ2n) is 2.88. The van der Waals surface area contributed by atoms with Crippen molar-refractivity contribution in [2.75, 3.05) is 13.7 Å². The molecular weight excluding hydrogens is 190 g/mol. The van der Waals surface area contributed by atoms with Crippen molar-refractivity contribution in [1.29, 1.82) is 0 Å². The minimum atomic E-state index is -0.0225. The highest BCUT2D eigenvalue weighted by Gasteiger charge is 2.04. The fourth-order valence-corrected chi connectivity index (χ4v) is 0.802. The Balaban J connectivity index is 3.46. The second kappa shape index (κ2) is 6.92. The third kappa shape index (κ3) is 7.81. The number of ether oxygens (including phenoxy) is 1. The van der Waals surface area contributed by atoms with E-state index in [1.54, 1.807) is 7.11 Å². The molecule has 0 saturated carbocycles. The first kappa shape index (κ1) is 12.5. The van der Waals surface area contributed by atoms with Crippen LogP contribution in [-0.4, -0.2) is 25.7 Å². The highest BCUT2D eigenvalue weighted by atomic mass is 35.5. The van der Waals surface area contributed by atoms with Crippen molar-refractivity contribution < 1.29 is 9.53 Å². The van der Waals surface area contributed by atoms with Crippen LogP contribution < -0.4 is 5.32 Å². The first-order chi connectivity index (χ1) is 6.06. The molecule has 1 amide bonds. The summed E-state index contributed by atoms with van der Waals surface area (Å²) in [6.45, 7) is 5.72. The van der Waals surface area contributed by atoms with E-state index in [-0.39, 0.29) is 12.0 Å². The standard InChI is InChI=1S/C9H16ClNO2/c1-7(10)6-11-9(12)5-4-8(2)13-3/h8H,1,4-6H2,2-3H3,(H,11,12). The summed E-state index contributed by atoms with van der Waals surface area (Å²) in [7, 11) is 1.63. The van der Waals surface area contributed by atoms with Crippen LogP contribution in [0, 0.1) is 0 Å². The summed E-state index contributed by atoms with van der Waals surface area (Å²) >= 11 is 5.48. The summed E-state index contributed by atoms with van der Waals surface area (Å²) in [5.41, 5.74) is 0. The lowest BCUT2D eigenvalue weighted by Gasteiger charge is -2.08. The molecule has 1 unspecified atom stereocenters. The molecule has 13 heavy (non-hydrogen) atoms. The van der Waals surface area contributed by atoms with E-state index < -0.39 is 0 Å². The van der Waals surface area contributed by atoms with Crippen LogP contribution in [0.25, 0.3) is 0 Å². The quantitative estimate of drug-likeness (QED) is 0.717. The molecule has 0 aliphatic carbocycles. The SMILES string of the molecule is C=C(Cl)CNC(=O)CCC(C)OC. The molecule has 0 radical (unpaired) electrons. The molecule has 0 rings (SSSR count). The van der Waals surface area contributed by atoms with E-state index in [0.717, 1.165) is 6.42 Å². The fourth-order valence-electron chi connectivity index (χ4n) is 0.735. The maximum atomic E-state index is 11.1. The molecule has 0 aromatic carbocycles. The summed E-state index contributed by atoms with van der Waals surface area (Å²) in [5.74, 6) is -0.0225. The Labute approximate surface area is 84.1 Å². The van der Waals surface area contributed by atoms with Crippen LogP contribution in [0.2, 0.25) is 0 Å². The molecule has 0 heterocycles. The molecule has 1 atom stereocenters. The number of nitrogens with one attached hydrogen (secondary N) is 1. The van der Waals surface area contributed by atoms with Crippen molar-refractivity contribution in [2.45, 2.75) is 25.9 Å². The molecule has 4 heteroatoms. The van der Waals surface area contributed by atoms with Gasteiger partial charge in [0.2, 0.25) is 5.91 Å². The third-order valence-electron chi connectivity index (χ3n) is 1.66. The zero-order chi connectivity index (χ0) is 10.3. The summed E-state index contributed by atoms with van der Waals surface area (Å²) < 4.78 is 5.00. The normalized spacial score (nSPS) is 12.2. The molecule has 1 N–H and O–H groups in total. The molecule has 3 nitrogen and oxygen atoms in total. The minimum Gasteiger partial charge on any atom is -0.382 e. The molecule has 0 saturated heterocycles. The van der Waals surface area contributed by atoms with Gasteiger partial charge in [-0.25, -0.2) is 0 Å². The number of hydrogen-bond donors (Lipinski definition) is 1. The average molecular weight is 206 g/mol. The monoisotopic (exact) mass is 205 g/mol. The van der Waals surface area contributed by atoms with Crippen molar-refractivity contribution in [2.24, 2.45) is 0 Å². The summed E-state index contributed by atoms with van der Waals surface area (Å²) in [5, 5.41) is 3.07. The maximum absolute atomic E-state index is 11.1. The topological polar surface area (TPSA) is 38.3 Å². The van der Waals surface area contributed by atoms with Gasteiger partial charge in [0.25, 0.3) is 0 Å². The van der Waals surface area contributed by atoms with E-state index in [4.69, 9.17) is 16.3 Å². The summed E-state index contributed by atoms with van der Waals surface area (Å²) in [6, 6.07) is 0. The summed E-state index contributed by atoms with van der Waals surface area (Å²) in [4.78, 5) is 11.1. The second-order valence-corrected chi connectivity index (χ2v) is 3.41. The number of halogens is 1. The molecule has 0 fully saturated rings. The highest BCUT2D eigenvalue weighted by Crippen LogP contribution is 2.00. The van der Waals surface area contributed by atoms with Gasteiger partial charge in [-0.15, -0.1) is 0 Å². The van der Waals surface area contributed by atoms with E-state index in [1.165, 1.54) is 0 Å². The van der Waals surface area contributed by atoms with Crippen LogP contribution in [0.1, 0.15) is 19.8 Å². The Bertz CT molecular complexity index is 182. The van der Waals surface area contributed by atoms with Crippen LogP contribution in [0.15, 0.2) is 11.6 Å². The lowest BCUT2D eigenvalue weighted by molar-refractivity contribution is -0.121. The predicted molar refractivity (Wildman–Crippen MR) is 53.7 cm³/mol. The van der Waals surface area contributed by atoms with Gasteiger partial charge >= 0.3 is 0 Å². The Kier molecular flexibility index (Phi) is 6.63.